The molecule has 0 amide bonds. The summed E-state index contributed by atoms with van der Waals surface area (Å²) in [6, 6.07) is 0.640. The van der Waals surface area contributed by atoms with Crippen molar-refractivity contribution in [1.82, 2.24) is 15.3 Å². The fourth-order valence-corrected chi connectivity index (χ4v) is 3.88. The Morgan fingerprint density at radius 2 is 2.35 bits per heavy atom. The minimum atomic E-state index is 0.640. The molecule has 17 heavy (non-hydrogen) atoms. The number of aromatic amines is 1. The molecule has 0 radical (unpaired) electrons. The van der Waals surface area contributed by atoms with Gasteiger partial charge in [-0.3, -0.25) is 0 Å². The molecule has 4 atom stereocenters. The Morgan fingerprint density at radius 1 is 1.47 bits per heavy atom. The van der Waals surface area contributed by atoms with E-state index < -0.39 is 0 Å². The molecule has 2 aliphatic carbocycles. The van der Waals surface area contributed by atoms with Gasteiger partial charge in [-0.25, -0.2) is 4.98 Å². The molecule has 3 nitrogen and oxygen atoms in total. The van der Waals surface area contributed by atoms with Gasteiger partial charge in [0.15, 0.2) is 0 Å². The number of nitrogens with zero attached hydrogens (tertiary/aromatic N) is 1. The summed E-state index contributed by atoms with van der Waals surface area (Å²) in [6.45, 7) is 5.35. The summed E-state index contributed by atoms with van der Waals surface area (Å²) in [5.74, 6) is 2.96. The van der Waals surface area contributed by atoms with Gasteiger partial charge in [-0.05, 0) is 50.9 Å². The molecule has 1 aromatic heterocycles. The van der Waals surface area contributed by atoms with Gasteiger partial charge in [0.1, 0.15) is 0 Å². The van der Waals surface area contributed by atoms with E-state index in [0.717, 1.165) is 24.3 Å². The number of aromatic nitrogens is 2. The summed E-state index contributed by atoms with van der Waals surface area (Å²) in [4.78, 5) is 7.48. The lowest BCUT2D eigenvalue weighted by Crippen LogP contribution is -2.36. The van der Waals surface area contributed by atoms with Gasteiger partial charge in [-0.15, -0.1) is 0 Å². The number of hydrogen-bond donors (Lipinski definition) is 2. The first kappa shape index (κ1) is 11.3. The molecule has 1 heterocycles. The van der Waals surface area contributed by atoms with E-state index in [0.29, 0.717) is 6.04 Å². The zero-order valence-electron chi connectivity index (χ0n) is 10.9. The van der Waals surface area contributed by atoms with Crippen LogP contribution in [-0.2, 0) is 6.54 Å². The van der Waals surface area contributed by atoms with Gasteiger partial charge < -0.3 is 10.3 Å². The Morgan fingerprint density at radius 3 is 2.94 bits per heavy atom. The molecule has 2 saturated carbocycles. The molecule has 1 aromatic rings. The first-order valence-corrected chi connectivity index (χ1v) is 6.96. The van der Waals surface area contributed by atoms with E-state index in [4.69, 9.17) is 0 Å². The van der Waals surface area contributed by atoms with E-state index in [1.165, 1.54) is 37.1 Å². The van der Waals surface area contributed by atoms with E-state index in [2.05, 4.69) is 29.1 Å². The Kier molecular flexibility index (Phi) is 2.95. The second kappa shape index (κ2) is 4.45. The summed E-state index contributed by atoms with van der Waals surface area (Å²) in [5, 5.41) is 3.67. The van der Waals surface area contributed by atoms with Crippen molar-refractivity contribution in [2.24, 2.45) is 17.8 Å². The molecular weight excluding hydrogens is 210 g/mol. The molecule has 4 unspecified atom stereocenters. The second-order valence-electron chi connectivity index (χ2n) is 5.98. The number of nitrogens with one attached hydrogen (secondary N) is 2. The Labute approximate surface area is 103 Å². The first-order valence-electron chi connectivity index (χ1n) is 6.96. The normalized spacial score (nSPS) is 33.2. The average molecular weight is 233 g/mol. The SMILES string of the molecule is Cc1[nH]cnc1CNC(C)C1CC2CCC1C2. The van der Waals surface area contributed by atoms with Crippen molar-refractivity contribution in [2.45, 2.75) is 52.1 Å². The van der Waals surface area contributed by atoms with Crippen LogP contribution >= 0.6 is 0 Å². The topological polar surface area (TPSA) is 40.7 Å². The molecule has 0 saturated heterocycles. The highest BCUT2D eigenvalue weighted by Crippen LogP contribution is 2.49. The van der Waals surface area contributed by atoms with Crippen molar-refractivity contribution in [3.63, 3.8) is 0 Å². The van der Waals surface area contributed by atoms with Crippen molar-refractivity contribution in [2.75, 3.05) is 0 Å². The lowest BCUT2D eigenvalue weighted by Gasteiger charge is -2.28. The highest BCUT2D eigenvalue weighted by atomic mass is 15.0. The molecule has 3 heteroatoms. The van der Waals surface area contributed by atoms with Crippen molar-refractivity contribution >= 4 is 0 Å². The van der Waals surface area contributed by atoms with E-state index in [-0.39, 0.29) is 0 Å². The minimum absolute atomic E-state index is 0.640. The highest BCUT2D eigenvalue weighted by Gasteiger charge is 2.41. The largest absolute Gasteiger partial charge is 0.348 e. The molecule has 2 fully saturated rings. The number of H-pyrrole nitrogens is 1. The van der Waals surface area contributed by atoms with E-state index >= 15 is 0 Å². The molecule has 2 bridgehead atoms. The molecule has 0 aromatic carbocycles. The number of imidazole rings is 1. The minimum Gasteiger partial charge on any atom is -0.348 e. The summed E-state index contributed by atoms with van der Waals surface area (Å²) in [5.41, 5.74) is 2.36. The number of rotatable bonds is 4. The van der Waals surface area contributed by atoms with Gasteiger partial charge in [-0.1, -0.05) is 6.42 Å². The van der Waals surface area contributed by atoms with Gasteiger partial charge >= 0.3 is 0 Å². The maximum atomic E-state index is 4.34. The standard InChI is InChI=1S/C14H23N3/c1-9(13-6-11-3-4-12(13)5-11)15-7-14-10(2)16-8-17-14/h8-9,11-13,15H,3-7H2,1-2H3,(H,16,17). The van der Waals surface area contributed by atoms with Crippen LogP contribution in [-0.4, -0.2) is 16.0 Å². The quantitative estimate of drug-likeness (QED) is 0.839. The van der Waals surface area contributed by atoms with Crippen molar-refractivity contribution in [3.05, 3.63) is 17.7 Å². The molecular formula is C14H23N3. The number of aryl methyl sites for hydroxylation is 1. The van der Waals surface area contributed by atoms with Crippen LogP contribution in [0.25, 0.3) is 0 Å². The van der Waals surface area contributed by atoms with Crippen molar-refractivity contribution in [1.29, 1.82) is 0 Å². The van der Waals surface area contributed by atoms with Gasteiger partial charge in [0.25, 0.3) is 0 Å². The van der Waals surface area contributed by atoms with Crippen LogP contribution in [0, 0.1) is 24.7 Å². The van der Waals surface area contributed by atoms with Gasteiger partial charge in [0, 0.05) is 18.3 Å². The zero-order valence-corrected chi connectivity index (χ0v) is 10.9. The second-order valence-corrected chi connectivity index (χ2v) is 5.98. The molecule has 0 aliphatic heterocycles. The monoisotopic (exact) mass is 233 g/mol. The lowest BCUT2D eigenvalue weighted by atomic mass is 9.84. The Bertz CT molecular complexity index is 385. The zero-order chi connectivity index (χ0) is 11.8. The smallest absolute Gasteiger partial charge is 0.0925 e. The van der Waals surface area contributed by atoms with Crippen LogP contribution in [0.5, 0.6) is 0 Å². The maximum absolute atomic E-state index is 4.34. The Hall–Kier alpha value is -0.830. The Balaban J connectivity index is 1.54. The predicted octanol–water partition coefficient (Wildman–Crippen LogP) is 2.63. The van der Waals surface area contributed by atoms with Crippen LogP contribution in [0.1, 0.15) is 44.0 Å². The van der Waals surface area contributed by atoms with E-state index in [1.807, 2.05) is 0 Å². The molecule has 94 valence electrons. The molecule has 2 N–H and O–H groups in total. The predicted molar refractivity (Wildman–Crippen MR) is 68.6 cm³/mol. The summed E-state index contributed by atoms with van der Waals surface area (Å²) in [6.07, 6.45) is 7.71. The van der Waals surface area contributed by atoms with E-state index in [1.54, 1.807) is 6.33 Å². The highest BCUT2D eigenvalue weighted by molar-refractivity contribution is 5.08. The molecule has 3 rings (SSSR count). The summed E-state index contributed by atoms with van der Waals surface area (Å²) in [7, 11) is 0. The fourth-order valence-electron chi connectivity index (χ4n) is 3.88. The van der Waals surface area contributed by atoms with Crippen molar-refractivity contribution in [3.8, 4) is 0 Å². The van der Waals surface area contributed by atoms with Crippen molar-refractivity contribution < 1.29 is 0 Å². The first-order chi connectivity index (χ1) is 8.24. The fraction of sp³-hybridized carbons (Fsp3) is 0.786. The van der Waals surface area contributed by atoms with E-state index in [9.17, 15) is 0 Å². The van der Waals surface area contributed by atoms with Crippen LogP contribution in [0.15, 0.2) is 6.33 Å². The van der Waals surface area contributed by atoms with Gasteiger partial charge in [-0.2, -0.15) is 0 Å². The maximum Gasteiger partial charge on any atom is 0.0925 e. The van der Waals surface area contributed by atoms with Crippen LogP contribution < -0.4 is 5.32 Å². The third kappa shape index (κ3) is 2.13. The number of fused-ring (bicyclic) bond motifs is 2. The third-order valence-electron chi connectivity index (χ3n) is 4.96. The third-order valence-corrected chi connectivity index (χ3v) is 4.96. The molecule has 0 spiro atoms. The van der Waals surface area contributed by atoms with Crippen LogP contribution in [0.2, 0.25) is 0 Å². The van der Waals surface area contributed by atoms with Crippen LogP contribution in [0.4, 0.5) is 0 Å². The summed E-state index contributed by atoms with van der Waals surface area (Å²) >= 11 is 0. The van der Waals surface area contributed by atoms with Gasteiger partial charge in [0.05, 0.1) is 12.0 Å². The average Bonchev–Trinajstić information content (AvgIpc) is 3.01. The van der Waals surface area contributed by atoms with Gasteiger partial charge in [0.2, 0.25) is 0 Å². The molecule has 2 aliphatic rings. The lowest BCUT2D eigenvalue weighted by molar-refractivity contribution is 0.259. The summed E-state index contributed by atoms with van der Waals surface area (Å²) < 4.78 is 0. The number of hydrogen-bond acceptors (Lipinski definition) is 2. The van der Waals surface area contributed by atoms with Crippen LogP contribution in [0.3, 0.4) is 0 Å².